The van der Waals surface area contributed by atoms with Gasteiger partial charge in [-0.2, -0.15) is 17.6 Å². The lowest BCUT2D eigenvalue weighted by atomic mass is 10.3. The molecule has 0 fully saturated rings. The Kier molecular flexibility index (Phi) is 10.8. The van der Waals surface area contributed by atoms with Crippen LogP contribution in [0.1, 0.15) is 15.5 Å². The maximum Gasteiger partial charge on any atom is 0.387 e. The molecule has 4 heterocycles. The molecule has 0 atom stereocenters. The van der Waals surface area contributed by atoms with Gasteiger partial charge in [-0.15, -0.1) is 0 Å². The van der Waals surface area contributed by atoms with Crippen LogP contribution in [0.25, 0.3) is 22.1 Å². The summed E-state index contributed by atoms with van der Waals surface area (Å²) in [6.07, 6.45) is 3.03. The number of benzene rings is 2. The molecule has 0 aliphatic rings. The van der Waals surface area contributed by atoms with E-state index in [0.29, 0.717) is 66.0 Å². The van der Waals surface area contributed by atoms with Crippen molar-refractivity contribution < 1.29 is 45.4 Å². The summed E-state index contributed by atoms with van der Waals surface area (Å²) in [6.45, 7) is -5.77. The average molecular weight is 742 g/mol. The number of fused-ring (bicyclic) bond motifs is 2. The minimum absolute atomic E-state index is 0.0283. The van der Waals surface area contributed by atoms with Gasteiger partial charge >= 0.3 is 13.2 Å². The summed E-state index contributed by atoms with van der Waals surface area (Å²) < 4.78 is 95.0. The summed E-state index contributed by atoms with van der Waals surface area (Å²) in [4.78, 5) is 23.3. The van der Waals surface area contributed by atoms with Crippen molar-refractivity contribution in [3.63, 3.8) is 0 Å². The molecule has 4 aromatic heterocycles. The molecule has 0 amide bonds. The van der Waals surface area contributed by atoms with Crippen LogP contribution in [0.2, 0.25) is 5.02 Å². The lowest BCUT2D eigenvalue weighted by Gasteiger charge is -2.10. The van der Waals surface area contributed by atoms with E-state index in [2.05, 4.69) is 39.4 Å². The van der Waals surface area contributed by atoms with E-state index < -0.39 is 20.3 Å². The number of alkyl halides is 4. The first-order valence-corrected chi connectivity index (χ1v) is 16.2. The van der Waals surface area contributed by atoms with Crippen LogP contribution in [0.4, 0.5) is 17.6 Å². The van der Waals surface area contributed by atoms with E-state index >= 15 is 0 Å². The number of pyridine rings is 2. The second kappa shape index (κ2) is 16.7. The number of hydrogen-bond acceptors (Lipinski definition) is 11. The van der Waals surface area contributed by atoms with Gasteiger partial charge in [0.25, 0.3) is 0 Å². The summed E-state index contributed by atoms with van der Waals surface area (Å²) in [5, 5.41) is 1.64. The van der Waals surface area contributed by atoms with Crippen LogP contribution < -0.4 is 23.7 Å². The highest BCUT2D eigenvalue weighted by atomic mass is 35.5. The van der Waals surface area contributed by atoms with Crippen LogP contribution in [0.3, 0.4) is 0 Å². The minimum atomic E-state index is -2.91. The number of nitrogens with zero attached hydrogens (tertiary/aromatic N) is 4. The zero-order valence-electron chi connectivity index (χ0n) is 28.4. The number of nitrogens with one attached hydrogen (secondary N) is 2. The van der Waals surface area contributed by atoms with Crippen LogP contribution >= 0.6 is 35.1 Å². The van der Waals surface area contributed by atoms with E-state index in [1.54, 1.807) is 24.4 Å². The van der Waals surface area contributed by atoms with Gasteiger partial charge in [-0.1, -0.05) is 35.1 Å². The molecule has 0 aliphatic heterocycles. The monoisotopic (exact) mass is 741 g/mol. The first-order chi connectivity index (χ1) is 24.8. The van der Waals surface area contributed by atoms with Gasteiger partial charge in [0.2, 0.25) is 0 Å². The summed E-state index contributed by atoms with van der Waals surface area (Å²) in [5.74, 6) is 1.71. The van der Waals surface area contributed by atoms with Crippen molar-refractivity contribution in [1.29, 1.82) is 0 Å². The fraction of sp³-hybridized carbons (Fsp3) is 0.226. The van der Waals surface area contributed by atoms with Crippen LogP contribution in [0, 0.1) is 0 Å². The normalized spacial score (nSPS) is 12.3. The van der Waals surface area contributed by atoms with Crippen molar-refractivity contribution in [2.75, 3.05) is 21.3 Å². The van der Waals surface area contributed by atoms with E-state index in [-0.39, 0.29) is 23.0 Å². The van der Waals surface area contributed by atoms with E-state index in [1.165, 1.54) is 74.3 Å². The molecule has 0 saturated carbocycles. The number of ether oxygens (including phenoxy) is 5. The fourth-order valence-corrected chi connectivity index (χ4v) is 6.24. The number of aromatic nitrogens is 6. The van der Waals surface area contributed by atoms with E-state index in [9.17, 15) is 17.6 Å². The molecule has 0 radical (unpaired) electrons. The van der Waals surface area contributed by atoms with Gasteiger partial charge in [0.15, 0.2) is 27.6 Å². The molecule has 2 N–H and O–H groups in total. The number of halogens is 5. The molecular weight excluding hydrogens is 712 g/mol. The molecule has 0 bridgehead atoms. The van der Waals surface area contributed by atoms with Crippen molar-refractivity contribution >= 4 is 57.2 Å². The molecule has 49 heavy (non-hydrogen) atoms. The predicted octanol–water partition coefficient (Wildman–Crippen LogP) is 8.38. The summed E-state index contributed by atoms with van der Waals surface area (Å²) in [7, 11) is 0.307. The highest BCUT2D eigenvalue weighted by Gasteiger charge is 2.15. The van der Waals surface area contributed by atoms with Gasteiger partial charge in [-0.25, -0.2) is 9.97 Å². The van der Waals surface area contributed by atoms with Gasteiger partial charge in [-0.05, 0) is 30.3 Å². The van der Waals surface area contributed by atoms with Gasteiger partial charge in [0.1, 0.15) is 11.5 Å². The lowest BCUT2D eigenvalue weighted by molar-refractivity contribution is -0.0504. The first kappa shape index (κ1) is 31.6. The standard InChI is InChI=1S/C16H15F2N3O3S.C15H12ClF2N3O2S/c1-22-13-5-6-19-12(14(13)23-2)8-25-16-20-10-4-3-9(24-15(17)18)7-11(10)21-16;1-22-13-9(16)4-5-19-12(13)7-24-15-20-10-3-2-8(23-14(17)18)6-11(10)21-15/h3-7,15H,8H2,1-2H3,(H,20,21);2-6,14H,7H2,1H3,(H,20,21)/i1D3;. The van der Waals surface area contributed by atoms with Crippen molar-refractivity contribution in [3.05, 3.63) is 77.3 Å². The molecule has 0 saturated heterocycles. The third kappa shape index (κ3) is 9.30. The minimum Gasteiger partial charge on any atom is -0.493 e. The number of aromatic amines is 2. The number of H-pyrrole nitrogens is 2. The molecular formula is C31H27ClF4N6O5S2. The number of thioether (sulfide) groups is 2. The van der Waals surface area contributed by atoms with E-state index in [4.69, 9.17) is 29.9 Å². The van der Waals surface area contributed by atoms with Gasteiger partial charge < -0.3 is 33.7 Å². The lowest BCUT2D eigenvalue weighted by Crippen LogP contribution is -2.01. The number of methoxy groups -OCH3 is 3. The summed E-state index contributed by atoms with van der Waals surface area (Å²) in [6, 6.07) is 12.0. The average Bonchev–Trinajstić information content (AvgIpc) is 3.68. The second-order valence-electron chi connectivity index (χ2n) is 9.44. The second-order valence-corrected chi connectivity index (χ2v) is 11.8. The Hall–Kier alpha value is -4.61. The Labute approximate surface area is 294 Å². The Bertz CT molecular complexity index is 2130. The number of rotatable bonds is 13. The molecule has 18 heteroatoms. The molecule has 258 valence electrons. The molecule has 0 spiro atoms. The molecule has 0 aliphatic carbocycles. The Morgan fingerprint density at radius 1 is 0.735 bits per heavy atom. The zero-order valence-corrected chi connectivity index (χ0v) is 27.8. The van der Waals surface area contributed by atoms with E-state index in [1.807, 2.05) is 0 Å². The third-order valence-corrected chi connectivity index (χ3v) is 8.46. The number of hydrogen-bond donors (Lipinski definition) is 2. The van der Waals surface area contributed by atoms with Crippen molar-refractivity contribution in [2.45, 2.75) is 35.0 Å². The maximum absolute atomic E-state index is 12.3. The predicted molar refractivity (Wildman–Crippen MR) is 178 cm³/mol. The Morgan fingerprint density at radius 2 is 1.24 bits per heavy atom. The van der Waals surface area contributed by atoms with Crippen molar-refractivity contribution in [2.24, 2.45) is 0 Å². The topological polar surface area (TPSA) is 129 Å². The van der Waals surface area contributed by atoms with Crippen LogP contribution in [-0.4, -0.2) is 64.4 Å². The third-order valence-electron chi connectivity index (χ3n) is 6.40. The molecule has 2 aromatic carbocycles. The van der Waals surface area contributed by atoms with Crippen molar-refractivity contribution in [3.8, 4) is 28.7 Å². The maximum atomic E-state index is 12.3. The van der Waals surface area contributed by atoms with Crippen LogP contribution in [0.5, 0.6) is 28.7 Å². The molecule has 0 unspecified atom stereocenters. The summed E-state index contributed by atoms with van der Waals surface area (Å²) >= 11 is 8.74. The first-order valence-electron chi connectivity index (χ1n) is 15.3. The Balaban J connectivity index is 0.000000203. The fourth-order valence-electron chi connectivity index (χ4n) is 4.35. The molecule has 11 nitrogen and oxygen atoms in total. The van der Waals surface area contributed by atoms with Gasteiger partial charge in [0.05, 0.1) is 63.8 Å². The quantitative estimate of drug-likeness (QED) is 0.0875. The Morgan fingerprint density at radius 3 is 1.73 bits per heavy atom. The smallest absolute Gasteiger partial charge is 0.387 e. The van der Waals surface area contributed by atoms with Gasteiger partial charge in [0, 0.05) is 42.1 Å². The van der Waals surface area contributed by atoms with E-state index in [0.717, 1.165) is 0 Å². The summed E-state index contributed by atoms with van der Waals surface area (Å²) in [5.41, 5.74) is 3.56. The van der Waals surface area contributed by atoms with Gasteiger partial charge in [-0.3, -0.25) is 9.97 Å². The van der Waals surface area contributed by atoms with Crippen LogP contribution in [0.15, 0.2) is 71.2 Å². The molecule has 6 rings (SSSR count). The number of imidazole rings is 2. The largest absolute Gasteiger partial charge is 0.493 e. The van der Waals surface area contributed by atoms with Crippen molar-refractivity contribution in [1.82, 2.24) is 29.9 Å². The SMILES string of the molecule is COc1c(Cl)ccnc1CSc1nc2ccc(OC(F)F)cc2[nH]1.[2H]C([2H])([2H])Oc1ccnc(CSc2nc3ccc(OC(F)F)cc3[nH]2)c1OC. The highest BCUT2D eigenvalue weighted by molar-refractivity contribution is 7.98. The molecule has 6 aromatic rings. The highest BCUT2D eigenvalue weighted by Crippen LogP contribution is 2.34. The van der Waals surface area contributed by atoms with Crippen LogP contribution in [-0.2, 0) is 11.5 Å². The zero-order chi connectivity index (χ0) is 37.4.